The lowest BCUT2D eigenvalue weighted by Crippen LogP contribution is -2.45. The maximum Gasteiger partial charge on any atom is 0.305 e. The third-order valence-corrected chi connectivity index (χ3v) is 14.5. The third kappa shape index (κ3) is 55.5. The molecule has 0 heterocycles. The Morgan fingerprint density at radius 3 is 1.03 bits per heavy atom. The molecule has 0 aliphatic rings. The zero-order valence-electron chi connectivity index (χ0n) is 46.6. The second-order valence-electron chi connectivity index (χ2n) is 21.4. The Labute approximate surface area is 431 Å². The second-order valence-corrected chi connectivity index (χ2v) is 21.4. The van der Waals surface area contributed by atoms with Gasteiger partial charge >= 0.3 is 5.97 Å². The Bertz CT molecular complexity index is 1080. The van der Waals surface area contributed by atoms with E-state index in [1.165, 1.54) is 270 Å². The van der Waals surface area contributed by atoms with Crippen LogP contribution in [0.2, 0.25) is 0 Å². The summed E-state index contributed by atoms with van der Waals surface area (Å²) in [5.41, 5.74) is 0. The number of esters is 1. The van der Waals surface area contributed by atoms with Crippen LogP contribution in [-0.4, -0.2) is 47.4 Å². The number of ether oxygens (including phenoxy) is 1. The van der Waals surface area contributed by atoms with Gasteiger partial charge in [0, 0.05) is 12.8 Å². The van der Waals surface area contributed by atoms with Gasteiger partial charge in [-0.05, 0) is 57.8 Å². The molecule has 0 rings (SSSR count). The molecule has 6 heteroatoms. The average molecular weight is 973 g/mol. The van der Waals surface area contributed by atoms with E-state index >= 15 is 0 Å². The van der Waals surface area contributed by atoms with Crippen molar-refractivity contribution in [1.29, 1.82) is 0 Å². The van der Waals surface area contributed by atoms with E-state index in [1.807, 2.05) is 6.08 Å². The molecule has 0 aromatic carbocycles. The normalized spacial score (nSPS) is 12.7. The number of allylic oxidation sites excluding steroid dienone is 3. The summed E-state index contributed by atoms with van der Waals surface area (Å²) in [4.78, 5) is 24.5. The minimum absolute atomic E-state index is 0.00780. The topological polar surface area (TPSA) is 95.9 Å². The summed E-state index contributed by atoms with van der Waals surface area (Å²) in [5, 5.41) is 23.1. The van der Waals surface area contributed by atoms with Crippen LogP contribution in [-0.2, 0) is 14.3 Å². The molecule has 0 aliphatic heterocycles. The SMILES string of the molecule is CCCCCCCCC/C=C\CCCCCCCC(=O)OCCCCCCCCCCCCCCCCCCCCCCCCCCC(=O)NC(CO)C(O)/C=C/CCCCCCCCCCCC. The van der Waals surface area contributed by atoms with E-state index < -0.39 is 12.1 Å². The summed E-state index contributed by atoms with van der Waals surface area (Å²) in [6.45, 7) is 4.91. The second kappa shape index (κ2) is 58.9. The van der Waals surface area contributed by atoms with Crippen LogP contribution in [0, 0.1) is 0 Å². The van der Waals surface area contributed by atoms with E-state index in [4.69, 9.17) is 4.74 Å². The number of rotatable bonds is 58. The van der Waals surface area contributed by atoms with Crippen molar-refractivity contribution >= 4 is 11.9 Å². The summed E-state index contributed by atoms with van der Waals surface area (Å²) in [6, 6.07) is -0.625. The number of hydrogen-bond acceptors (Lipinski definition) is 5. The molecule has 2 unspecified atom stereocenters. The molecule has 69 heavy (non-hydrogen) atoms. The van der Waals surface area contributed by atoms with Gasteiger partial charge in [0.05, 0.1) is 25.4 Å². The first kappa shape index (κ1) is 67.3. The molecular formula is C63H121NO5. The van der Waals surface area contributed by atoms with Crippen molar-refractivity contribution in [3.63, 3.8) is 0 Å². The quantitative estimate of drug-likeness (QED) is 0.0321. The number of unbranched alkanes of at least 4 members (excludes halogenated alkanes) is 45. The molecule has 408 valence electrons. The van der Waals surface area contributed by atoms with Gasteiger partial charge in [0.15, 0.2) is 0 Å². The smallest absolute Gasteiger partial charge is 0.305 e. The van der Waals surface area contributed by atoms with Crippen molar-refractivity contribution in [2.24, 2.45) is 0 Å². The average Bonchev–Trinajstić information content (AvgIpc) is 3.35. The highest BCUT2D eigenvalue weighted by molar-refractivity contribution is 5.76. The first-order valence-corrected chi connectivity index (χ1v) is 31.1. The summed E-state index contributed by atoms with van der Waals surface area (Å²) < 4.78 is 5.49. The molecule has 0 spiro atoms. The largest absolute Gasteiger partial charge is 0.466 e. The molecule has 0 aromatic rings. The lowest BCUT2D eigenvalue weighted by atomic mass is 10.0. The van der Waals surface area contributed by atoms with Crippen LogP contribution < -0.4 is 5.32 Å². The van der Waals surface area contributed by atoms with Crippen LogP contribution in [0.25, 0.3) is 0 Å². The number of aliphatic hydroxyl groups excluding tert-OH is 2. The van der Waals surface area contributed by atoms with Crippen LogP contribution in [0.1, 0.15) is 341 Å². The number of aliphatic hydroxyl groups is 2. The number of carbonyl (C=O) groups excluding carboxylic acids is 2. The molecule has 1 amide bonds. The first-order chi connectivity index (χ1) is 34.0. The molecule has 0 saturated heterocycles. The number of carbonyl (C=O) groups is 2. The van der Waals surface area contributed by atoms with Gasteiger partial charge in [0.2, 0.25) is 5.91 Å². The Morgan fingerprint density at radius 1 is 0.391 bits per heavy atom. The molecule has 0 saturated carbocycles. The van der Waals surface area contributed by atoms with Crippen molar-refractivity contribution in [2.75, 3.05) is 13.2 Å². The Kier molecular flexibility index (Phi) is 57.5. The van der Waals surface area contributed by atoms with E-state index in [0.29, 0.717) is 19.4 Å². The van der Waals surface area contributed by atoms with Crippen molar-refractivity contribution in [3.05, 3.63) is 24.3 Å². The molecule has 0 fully saturated rings. The van der Waals surface area contributed by atoms with E-state index in [-0.39, 0.29) is 18.5 Å². The number of hydrogen-bond donors (Lipinski definition) is 3. The zero-order valence-corrected chi connectivity index (χ0v) is 46.6. The minimum atomic E-state index is -0.842. The van der Waals surface area contributed by atoms with Crippen molar-refractivity contribution < 1.29 is 24.5 Å². The highest BCUT2D eigenvalue weighted by atomic mass is 16.5. The fourth-order valence-electron chi connectivity index (χ4n) is 9.69. The van der Waals surface area contributed by atoms with Gasteiger partial charge in [-0.1, -0.05) is 295 Å². The van der Waals surface area contributed by atoms with Crippen LogP contribution in [0.5, 0.6) is 0 Å². The van der Waals surface area contributed by atoms with Gasteiger partial charge in [-0.15, -0.1) is 0 Å². The lowest BCUT2D eigenvalue weighted by molar-refractivity contribution is -0.143. The fraction of sp³-hybridized carbons (Fsp3) is 0.905. The predicted octanol–water partition coefficient (Wildman–Crippen LogP) is 19.4. The molecule has 6 nitrogen and oxygen atoms in total. The highest BCUT2D eigenvalue weighted by Crippen LogP contribution is 2.18. The minimum Gasteiger partial charge on any atom is -0.466 e. The first-order valence-electron chi connectivity index (χ1n) is 31.1. The maximum absolute atomic E-state index is 12.4. The predicted molar refractivity (Wildman–Crippen MR) is 301 cm³/mol. The van der Waals surface area contributed by atoms with Gasteiger partial charge in [-0.25, -0.2) is 0 Å². The van der Waals surface area contributed by atoms with Crippen molar-refractivity contribution in [1.82, 2.24) is 5.32 Å². The van der Waals surface area contributed by atoms with E-state index in [0.717, 1.165) is 44.9 Å². The van der Waals surface area contributed by atoms with Crippen LogP contribution in [0.15, 0.2) is 24.3 Å². The molecule has 0 radical (unpaired) electrons. The van der Waals surface area contributed by atoms with Gasteiger partial charge in [0.25, 0.3) is 0 Å². The fourth-order valence-corrected chi connectivity index (χ4v) is 9.69. The summed E-state index contributed by atoms with van der Waals surface area (Å²) in [7, 11) is 0. The summed E-state index contributed by atoms with van der Waals surface area (Å²) >= 11 is 0. The Morgan fingerprint density at radius 2 is 0.681 bits per heavy atom. The van der Waals surface area contributed by atoms with Gasteiger partial charge in [-0.2, -0.15) is 0 Å². The summed E-state index contributed by atoms with van der Waals surface area (Å²) in [6.07, 6.45) is 72.2. The van der Waals surface area contributed by atoms with Crippen molar-refractivity contribution in [2.45, 2.75) is 353 Å². The molecule has 3 N–H and O–H groups in total. The highest BCUT2D eigenvalue weighted by Gasteiger charge is 2.18. The van der Waals surface area contributed by atoms with E-state index in [9.17, 15) is 19.8 Å². The van der Waals surface area contributed by atoms with Crippen molar-refractivity contribution in [3.8, 4) is 0 Å². The zero-order chi connectivity index (χ0) is 50.0. The van der Waals surface area contributed by atoms with Crippen LogP contribution in [0.4, 0.5) is 0 Å². The van der Waals surface area contributed by atoms with E-state index in [1.54, 1.807) is 6.08 Å². The number of nitrogens with one attached hydrogen (secondary N) is 1. The molecule has 2 atom stereocenters. The number of amides is 1. The molecule has 0 aliphatic carbocycles. The maximum atomic E-state index is 12.4. The lowest BCUT2D eigenvalue weighted by Gasteiger charge is -2.20. The summed E-state index contributed by atoms with van der Waals surface area (Å²) in [5.74, 6) is -0.0588. The van der Waals surface area contributed by atoms with Crippen LogP contribution in [0.3, 0.4) is 0 Å². The molecule has 0 aromatic heterocycles. The van der Waals surface area contributed by atoms with Gasteiger partial charge in [0.1, 0.15) is 0 Å². The molecule has 0 bridgehead atoms. The molecular weight excluding hydrogens is 851 g/mol. The van der Waals surface area contributed by atoms with Gasteiger partial charge in [-0.3, -0.25) is 9.59 Å². The Hall–Kier alpha value is -1.66. The van der Waals surface area contributed by atoms with E-state index in [2.05, 4.69) is 31.3 Å². The van der Waals surface area contributed by atoms with Gasteiger partial charge < -0.3 is 20.3 Å². The van der Waals surface area contributed by atoms with Crippen LogP contribution >= 0.6 is 0 Å². The standard InChI is InChI=1S/C63H121NO5/c1-3-5-7-9-11-13-15-17-18-30-33-37-41-45-49-53-57-63(68)69-58-54-50-46-42-38-34-31-28-26-24-22-20-19-21-23-25-27-29-32-36-40-44-48-52-56-62(67)64-60(59-65)61(66)55-51-47-43-39-35-16-14-12-10-8-6-4-2/h18,30,51,55,60-61,65-66H,3-17,19-29,31-50,52-54,56-59H2,1-2H3,(H,64,67)/b30-18-,55-51+. The third-order valence-electron chi connectivity index (χ3n) is 14.5. The monoisotopic (exact) mass is 972 g/mol. The Balaban J connectivity index is 3.36.